The number of aliphatic hydroxyl groups excluding tert-OH is 1. The summed E-state index contributed by atoms with van der Waals surface area (Å²) in [6.07, 6.45) is -0.903. The van der Waals surface area contributed by atoms with Crippen LogP contribution in [-0.2, 0) is 42.9 Å². The minimum atomic E-state index is -5.72. The molecule has 7 atom stereocenters. The van der Waals surface area contributed by atoms with Crippen LogP contribution >= 0.6 is 32.7 Å². The van der Waals surface area contributed by atoms with Gasteiger partial charge in [-0.1, -0.05) is 12.1 Å². The largest absolute Gasteiger partial charge is 0.490 e. The smallest absolute Gasteiger partial charge is 0.390 e. The maximum Gasteiger partial charge on any atom is 0.490 e. The predicted octanol–water partition coefficient (Wildman–Crippen LogP) is 2.00. The van der Waals surface area contributed by atoms with Crippen LogP contribution in [0.3, 0.4) is 0 Å². The molecule has 1 aliphatic rings. The molecule has 0 bridgehead atoms. The number of aliphatic hydroxyl groups is 1. The van der Waals surface area contributed by atoms with E-state index in [1.54, 1.807) is 18.3 Å². The van der Waals surface area contributed by atoms with Crippen molar-refractivity contribution < 1.29 is 65.9 Å². The van der Waals surface area contributed by atoms with E-state index in [2.05, 4.69) is 32.4 Å². The zero-order valence-corrected chi connectivity index (χ0v) is 25.3. The molecule has 4 unspecified atom stereocenters. The molecule has 0 amide bonds. The number of fused-ring (bicyclic) bond motifs is 1. The first-order chi connectivity index (χ1) is 20.0. The molecule has 0 radical (unpaired) electrons. The Bertz CT molecular complexity index is 1650. The molecule has 43 heavy (non-hydrogen) atoms. The number of hydrogen-bond acceptors (Lipinski definition) is 14. The molecule has 24 heteroatoms. The molecule has 236 valence electrons. The lowest BCUT2D eigenvalue weighted by molar-refractivity contribution is -0.386. The Morgan fingerprint density at radius 2 is 1.86 bits per heavy atom. The normalized spacial score (nSPS) is 22.7. The van der Waals surface area contributed by atoms with Crippen molar-refractivity contribution in [3.63, 3.8) is 0 Å². The van der Waals surface area contributed by atoms with Gasteiger partial charge in [-0.25, -0.2) is 23.7 Å². The minimum Gasteiger partial charge on any atom is -0.390 e. The van der Waals surface area contributed by atoms with Crippen LogP contribution in [0.1, 0.15) is 29.6 Å². The zero-order chi connectivity index (χ0) is 31.7. The Hall–Kier alpha value is -2.24. The van der Waals surface area contributed by atoms with Crippen molar-refractivity contribution in [3.8, 4) is 0 Å². The molecule has 2 aromatic heterocycles. The second-order valence-electron chi connectivity index (χ2n) is 8.89. The van der Waals surface area contributed by atoms with Crippen molar-refractivity contribution in [2.75, 3.05) is 12.3 Å². The van der Waals surface area contributed by atoms with E-state index in [4.69, 9.17) is 25.0 Å². The van der Waals surface area contributed by atoms with E-state index in [-0.39, 0.29) is 30.2 Å². The van der Waals surface area contributed by atoms with Gasteiger partial charge in [-0.2, -0.15) is 8.62 Å². The van der Waals surface area contributed by atoms with E-state index in [9.17, 15) is 38.7 Å². The number of nitrogen functional groups attached to an aromatic ring is 1. The summed E-state index contributed by atoms with van der Waals surface area (Å²) in [5.41, 5.74) is 7.00. The van der Waals surface area contributed by atoms with Gasteiger partial charge in [-0.3, -0.25) is 14.6 Å². The monoisotopic (exact) mass is 687 g/mol. The zero-order valence-electron chi connectivity index (χ0n) is 21.5. The van der Waals surface area contributed by atoms with Crippen molar-refractivity contribution in [3.05, 3.63) is 58.0 Å². The first-order valence-electron chi connectivity index (χ1n) is 11.8. The van der Waals surface area contributed by atoms with Crippen molar-refractivity contribution >= 4 is 55.2 Å². The van der Waals surface area contributed by atoms with Gasteiger partial charge in [0, 0.05) is 24.2 Å². The fourth-order valence-electron chi connectivity index (χ4n) is 4.19. The second kappa shape index (κ2) is 13.0. The number of hydrogen-bond donors (Lipinski definition) is 6. The molecule has 1 fully saturated rings. The number of ether oxygens (including phenoxy) is 2. The number of anilines is 1. The van der Waals surface area contributed by atoms with Gasteiger partial charge in [0.2, 0.25) is 0 Å². The third-order valence-electron chi connectivity index (χ3n) is 5.91. The molecule has 1 saturated heterocycles. The molecule has 1 aromatic carbocycles. The van der Waals surface area contributed by atoms with Crippen LogP contribution in [0.25, 0.3) is 11.0 Å². The average molecular weight is 687 g/mol. The Morgan fingerprint density at radius 1 is 1.16 bits per heavy atom. The molecule has 7 N–H and O–H groups in total. The number of rotatable bonds is 13. The van der Waals surface area contributed by atoms with Gasteiger partial charge in [0.1, 0.15) is 36.0 Å². The summed E-state index contributed by atoms with van der Waals surface area (Å²) < 4.78 is 59.4. The van der Waals surface area contributed by atoms with Crippen LogP contribution in [0.5, 0.6) is 0 Å². The number of nitrogens with zero attached hydrogens (tertiary/aromatic N) is 4. The maximum absolute atomic E-state index is 12.1. The SMILES string of the molecule is Nc1ncnc2c1c(CO[C@@H](P)c1ccccc1[N+](=O)[O-])cn2[C@H]1CC(O)[C@@H](COP(=O)(O)OP(=O)(O)OP(=O)(O)O)O1. The van der Waals surface area contributed by atoms with Crippen LogP contribution in [-0.4, -0.2) is 63.0 Å². The molecule has 20 nitrogen and oxygen atoms in total. The molecule has 3 aromatic rings. The average Bonchev–Trinajstić information content (AvgIpc) is 3.44. The highest BCUT2D eigenvalue weighted by Gasteiger charge is 2.43. The second-order valence-corrected chi connectivity index (χ2v) is 13.9. The lowest BCUT2D eigenvalue weighted by Crippen LogP contribution is -2.26. The number of nitro benzene ring substituents is 1. The predicted molar refractivity (Wildman–Crippen MR) is 147 cm³/mol. The summed E-state index contributed by atoms with van der Waals surface area (Å²) in [4.78, 5) is 55.3. The highest BCUT2D eigenvalue weighted by atomic mass is 31.3. The summed E-state index contributed by atoms with van der Waals surface area (Å²) in [5.74, 6) is -0.703. The van der Waals surface area contributed by atoms with Gasteiger partial charge < -0.3 is 44.5 Å². The number of phosphoric ester groups is 1. The highest BCUT2D eigenvalue weighted by molar-refractivity contribution is 7.66. The van der Waals surface area contributed by atoms with Gasteiger partial charge >= 0.3 is 23.5 Å². The van der Waals surface area contributed by atoms with E-state index in [1.807, 2.05) is 0 Å². The number of nitro groups is 1. The molecular formula is C19H25N5O15P4. The van der Waals surface area contributed by atoms with E-state index in [0.717, 1.165) is 0 Å². The molecule has 4 rings (SSSR count). The van der Waals surface area contributed by atoms with Gasteiger partial charge in [-0.15, -0.1) is 9.24 Å². The van der Waals surface area contributed by atoms with Crippen LogP contribution in [0.15, 0.2) is 36.8 Å². The lowest BCUT2D eigenvalue weighted by Gasteiger charge is -2.19. The molecule has 0 spiro atoms. The first kappa shape index (κ1) is 33.6. The topological polar surface area (TPSA) is 298 Å². The Kier molecular flexibility index (Phi) is 10.2. The number of para-hydroxylation sites is 1. The Morgan fingerprint density at radius 3 is 2.53 bits per heavy atom. The summed E-state index contributed by atoms with van der Waals surface area (Å²) in [6, 6.07) is 6.05. The van der Waals surface area contributed by atoms with Crippen LogP contribution in [0.2, 0.25) is 0 Å². The summed E-state index contributed by atoms with van der Waals surface area (Å²) in [5, 5.41) is 22.3. The third kappa shape index (κ3) is 8.48. The van der Waals surface area contributed by atoms with Gasteiger partial charge in [0.25, 0.3) is 5.69 Å². The molecular weight excluding hydrogens is 662 g/mol. The number of phosphoric acid groups is 3. The molecule has 0 saturated carbocycles. The Labute approximate surface area is 243 Å². The van der Waals surface area contributed by atoms with E-state index in [1.165, 1.54) is 23.0 Å². The fourth-order valence-corrected chi connectivity index (χ4v) is 7.59. The fraction of sp³-hybridized carbons (Fsp3) is 0.368. The van der Waals surface area contributed by atoms with E-state index < -0.39 is 59.3 Å². The number of aromatic nitrogens is 3. The lowest BCUT2D eigenvalue weighted by atomic mass is 10.2. The number of nitrogens with two attached hydrogens (primary N) is 1. The van der Waals surface area contributed by atoms with Gasteiger partial charge in [0.05, 0.1) is 35.2 Å². The minimum absolute atomic E-state index is 0.0797. The van der Waals surface area contributed by atoms with E-state index in [0.29, 0.717) is 16.5 Å². The van der Waals surface area contributed by atoms with Crippen molar-refractivity contribution in [2.24, 2.45) is 0 Å². The van der Waals surface area contributed by atoms with E-state index >= 15 is 0 Å². The van der Waals surface area contributed by atoms with Crippen LogP contribution in [0.4, 0.5) is 11.5 Å². The van der Waals surface area contributed by atoms with Crippen LogP contribution in [0, 0.1) is 10.1 Å². The quantitative estimate of drug-likeness (QED) is 0.0850. The molecule has 1 aliphatic heterocycles. The first-order valence-corrected chi connectivity index (χ1v) is 17.0. The summed E-state index contributed by atoms with van der Waals surface area (Å²) in [7, 11) is -14.4. The molecule has 0 aliphatic carbocycles. The van der Waals surface area contributed by atoms with Crippen LogP contribution < -0.4 is 5.73 Å². The summed E-state index contributed by atoms with van der Waals surface area (Å²) in [6.45, 7) is -0.968. The highest BCUT2D eigenvalue weighted by Crippen LogP contribution is 2.66. The van der Waals surface area contributed by atoms with Crippen molar-refractivity contribution in [1.29, 1.82) is 0 Å². The van der Waals surface area contributed by atoms with Gasteiger partial charge in [-0.05, 0) is 6.07 Å². The number of benzene rings is 1. The summed E-state index contributed by atoms with van der Waals surface area (Å²) >= 11 is 0. The maximum atomic E-state index is 12.1. The third-order valence-corrected chi connectivity index (χ3v) is 10.3. The van der Waals surface area contributed by atoms with Crippen molar-refractivity contribution in [1.82, 2.24) is 14.5 Å². The standard InChI is InChI=1S/C19H25N5O15P4/c20-17-16-10(7-35-19(40)11-3-1-2-4-12(11)24(26)27)6-23(18(16)22-9-21-17)15-5-13(25)14(37-15)8-36-42(31,32)39-43(33,34)38-41(28,29)30/h1-4,6,9,13-15,19,25H,5,7-8,40H2,(H,31,32)(H,33,34)(H2,20,21,22)(H2,28,29,30)/t13?,14-,15-,19+/m1/s1. The van der Waals surface area contributed by atoms with Gasteiger partial charge in [0.15, 0.2) is 0 Å². The van der Waals surface area contributed by atoms with Crippen molar-refractivity contribution in [2.45, 2.75) is 37.3 Å². The Balaban J connectivity index is 1.48. The molecule has 3 heterocycles.